The lowest BCUT2D eigenvalue weighted by Gasteiger charge is -2.34. The van der Waals surface area contributed by atoms with Crippen LogP contribution in [0.4, 0.5) is 4.79 Å². The number of amides is 2. The summed E-state index contributed by atoms with van der Waals surface area (Å²) in [6.07, 6.45) is 0.904. The normalized spacial score (nSPS) is 20.0. The Morgan fingerprint density at radius 1 is 1.50 bits per heavy atom. The van der Waals surface area contributed by atoms with Gasteiger partial charge in [0.15, 0.2) is 0 Å². The molecule has 0 aromatic rings. The third-order valence-corrected chi connectivity index (χ3v) is 3.61. The molecule has 0 aliphatic carbocycles. The molecule has 1 aliphatic heterocycles. The first-order chi connectivity index (χ1) is 8.30. The molecule has 6 nitrogen and oxygen atoms in total. The van der Waals surface area contributed by atoms with E-state index >= 15 is 0 Å². The summed E-state index contributed by atoms with van der Waals surface area (Å²) in [6, 6.07) is -0.235. The van der Waals surface area contributed by atoms with Crippen molar-refractivity contribution in [1.82, 2.24) is 9.80 Å². The largest absolute Gasteiger partial charge is 0.480 e. The number of likely N-dealkylation sites (N-methyl/N-ethyl adjacent to an activating group) is 1. The molecule has 1 aliphatic rings. The van der Waals surface area contributed by atoms with Crippen molar-refractivity contribution in [2.75, 3.05) is 33.9 Å². The predicted molar refractivity (Wildman–Crippen MR) is 66.4 cm³/mol. The maximum Gasteiger partial charge on any atom is 0.329 e. The minimum absolute atomic E-state index is 0.235. The van der Waals surface area contributed by atoms with Gasteiger partial charge in [-0.1, -0.05) is 0 Å². The number of aliphatic carboxylic acids is 1. The number of hydrogen-bond donors (Lipinski definition) is 1. The first kappa shape index (κ1) is 14.8. The Kier molecular flexibility index (Phi) is 4.56. The quantitative estimate of drug-likeness (QED) is 0.812. The van der Waals surface area contributed by atoms with Gasteiger partial charge in [-0.2, -0.15) is 0 Å². The Morgan fingerprint density at radius 2 is 2.11 bits per heavy atom. The summed E-state index contributed by atoms with van der Waals surface area (Å²) in [7, 11) is 3.17. The molecule has 1 N–H and O–H groups in total. The van der Waals surface area contributed by atoms with Crippen molar-refractivity contribution in [2.45, 2.75) is 25.8 Å². The van der Waals surface area contributed by atoms with Crippen molar-refractivity contribution in [1.29, 1.82) is 0 Å². The average Bonchev–Trinajstić information content (AvgIpc) is 2.76. The van der Waals surface area contributed by atoms with Crippen molar-refractivity contribution < 1.29 is 19.4 Å². The van der Waals surface area contributed by atoms with Crippen LogP contribution in [0, 0.1) is 5.92 Å². The van der Waals surface area contributed by atoms with E-state index in [1.54, 1.807) is 12.0 Å². The lowest BCUT2D eigenvalue weighted by Crippen LogP contribution is -2.54. The van der Waals surface area contributed by atoms with Crippen LogP contribution in [-0.4, -0.2) is 66.3 Å². The molecule has 0 spiro atoms. The minimum atomic E-state index is -1.20. The van der Waals surface area contributed by atoms with Crippen LogP contribution in [0.1, 0.15) is 20.3 Å². The van der Waals surface area contributed by atoms with Gasteiger partial charge in [0.2, 0.25) is 0 Å². The molecule has 0 saturated carbocycles. The smallest absolute Gasteiger partial charge is 0.329 e. The Morgan fingerprint density at radius 3 is 2.61 bits per heavy atom. The summed E-state index contributed by atoms with van der Waals surface area (Å²) in [5.41, 5.74) is -1.20. The van der Waals surface area contributed by atoms with Gasteiger partial charge in [-0.15, -0.1) is 0 Å². The SMILES string of the molecule is COCC1CCN(C(=O)N(C)C(C)(C)C(=O)O)C1. The van der Waals surface area contributed by atoms with E-state index in [2.05, 4.69) is 0 Å². The predicted octanol–water partition coefficient (Wildman–Crippen LogP) is 0.870. The van der Waals surface area contributed by atoms with E-state index in [0.29, 0.717) is 25.6 Å². The number of rotatable bonds is 4. The fourth-order valence-electron chi connectivity index (χ4n) is 1.97. The highest BCUT2D eigenvalue weighted by molar-refractivity contribution is 5.85. The summed E-state index contributed by atoms with van der Waals surface area (Å²) >= 11 is 0. The molecule has 18 heavy (non-hydrogen) atoms. The van der Waals surface area contributed by atoms with Gasteiger partial charge in [0, 0.05) is 33.2 Å². The highest BCUT2D eigenvalue weighted by Crippen LogP contribution is 2.21. The Labute approximate surface area is 107 Å². The van der Waals surface area contributed by atoms with Gasteiger partial charge >= 0.3 is 12.0 Å². The first-order valence-electron chi connectivity index (χ1n) is 6.05. The van der Waals surface area contributed by atoms with E-state index in [9.17, 15) is 9.59 Å². The van der Waals surface area contributed by atoms with Crippen LogP contribution in [0.25, 0.3) is 0 Å². The Hall–Kier alpha value is -1.30. The molecular formula is C12H22N2O4. The van der Waals surface area contributed by atoms with Gasteiger partial charge in [-0.05, 0) is 20.3 Å². The van der Waals surface area contributed by atoms with Crippen LogP contribution in [0.5, 0.6) is 0 Å². The fourth-order valence-corrected chi connectivity index (χ4v) is 1.97. The average molecular weight is 258 g/mol. The fraction of sp³-hybridized carbons (Fsp3) is 0.833. The number of carboxylic acids is 1. The lowest BCUT2D eigenvalue weighted by atomic mass is 10.0. The molecular weight excluding hydrogens is 236 g/mol. The van der Waals surface area contributed by atoms with Crippen LogP contribution in [0.2, 0.25) is 0 Å². The van der Waals surface area contributed by atoms with Crippen LogP contribution < -0.4 is 0 Å². The zero-order valence-corrected chi connectivity index (χ0v) is 11.5. The summed E-state index contributed by atoms with van der Waals surface area (Å²) < 4.78 is 5.07. The highest BCUT2D eigenvalue weighted by Gasteiger charge is 2.38. The molecule has 104 valence electrons. The van der Waals surface area contributed by atoms with Gasteiger partial charge in [-0.3, -0.25) is 0 Å². The van der Waals surface area contributed by atoms with E-state index in [4.69, 9.17) is 9.84 Å². The molecule has 2 amide bonds. The van der Waals surface area contributed by atoms with Gasteiger partial charge in [0.1, 0.15) is 5.54 Å². The topological polar surface area (TPSA) is 70.1 Å². The third kappa shape index (κ3) is 2.93. The van der Waals surface area contributed by atoms with Crippen molar-refractivity contribution >= 4 is 12.0 Å². The van der Waals surface area contributed by atoms with Crippen molar-refractivity contribution in [3.05, 3.63) is 0 Å². The molecule has 0 radical (unpaired) electrons. The second kappa shape index (κ2) is 5.56. The second-order valence-electron chi connectivity index (χ2n) is 5.26. The number of carboxylic acid groups (broad SMARTS) is 1. The summed E-state index contributed by atoms with van der Waals surface area (Å²) in [5.74, 6) is -0.661. The maximum absolute atomic E-state index is 12.2. The summed E-state index contributed by atoms with van der Waals surface area (Å²) in [6.45, 7) is 4.97. The van der Waals surface area contributed by atoms with Gasteiger partial charge in [-0.25, -0.2) is 9.59 Å². The van der Waals surface area contributed by atoms with E-state index < -0.39 is 11.5 Å². The van der Waals surface area contributed by atoms with Crippen LogP contribution >= 0.6 is 0 Å². The maximum atomic E-state index is 12.2. The second-order valence-corrected chi connectivity index (χ2v) is 5.26. The Balaban J connectivity index is 2.63. The zero-order chi connectivity index (χ0) is 13.9. The molecule has 1 atom stereocenters. The number of likely N-dealkylation sites (tertiary alicyclic amines) is 1. The number of carbonyl (C=O) groups is 2. The number of hydrogen-bond acceptors (Lipinski definition) is 3. The molecule has 1 rings (SSSR count). The number of nitrogens with zero attached hydrogens (tertiary/aromatic N) is 2. The first-order valence-corrected chi connectivity index (χ1v) is 6.05. The molecule has 0 aromatic carbocycles. The van der Waals surface area contributed by atoms with E-state index in [0.717, 1.165) is 6.42 Å². The van der Waals surface area contributed by atoms with Crippen molar-refractivity contribution in [3.8, 4) is 0 Å². The van der Waals surface area contributed by atoms with Crippen LogP contribution in [0.15, 0.2) is 0 Å². The molecule has 1 heterocycles. The third-order valence-electron chi connectivity index (χ3n) is 3.61. The van der Waals surface area contributed by atoms with Gasteiger partial charge in [0.05, 0.1) is 6.61 Å². The molecule has 1 fully saturated rings. The molecule has 0 aromatic heterocycles. The van der Waals surface area contributed by atoms with Crippen LogP contribution in [0.3, 0.4) is 0 Å². The molecule has 1 saturated heterocycles. The number of urea groups is 1. The van der Waals surface area contributed by atoms with Gasteiger partial charge < -0.3 is 19.6 Å². The zero-order valence-electron chi connectivity index (χ0n) is 11.5. The highest BCUT2D eigenvalue weighted by atomic mass is 16.5. The molecule has 1 unspecified atom stereocenters. The minimum Gasteiger partial charge on any atom is -0.480 e. The standard InChI is InChI=1S/C12H22N2O4/c1-12(2,10(15)16)13(3)11(17)14-6-5-9(7-14)8-18-4/h9H,5-8H2,1-4H3,(H,15,16). The van der Waals surface area contributed by atoms with Gasteiger partial charge in [0.25, 0.3) is 0 Å². The van der Waals surface area contributed by atoms with Crippen LogP contribution in [-0.2, 0) is 9.53 Å². The van der Waals surface area contributed by atoms with E-state index in [1.807, 2.05) is 0 Å². The Bertz CT molecular complexity index is 330. The number of methoxy groups -OCH3 is 1. The summed E-state index contributed by atoms with van der Waals surface area (Å²) in [4.78, 5) is 26.3. The van der Waals surface area contributed by atoms with E-state index in [1.165, 1.54) is 25.8 Å². The van der Waals surface area contributed by atoms with Crippen molar-refractivity contribution in [3.63, 3.8) is 0 Å². The van der Waals surface area contributed by atoms with Crippen molar-refractivity contribution in [2.24, 2.45) is 5.92 Å². The number of ether oxygens (including phenoxy) is 1. The number of carbonyl (C=O) groups excluding carboxylic acids is 1. The van der Waals surface area contributed by atoms with E-state index in [-0.39, 0.29) is 6.03 Å². The monoisotopic (exact) mass is 258 g/mol. The molecule has 6 heteroatoms. The summed E-state index contributed by atoms with van der Waals surface area (Å²) in [5, 5.41) is 9.11. The molecule has 0 bridgehead atoms. The lowest BCUT2D eigenvalue weighted by molar-refractivity contribution is -0.147.